The molecule has 2 rings (SSSR count). The molecule has 0 saturated heterocycles. The molecule has 0 aliphatic carbocycles. The van der Waals surface area contributed by atoms with Gasteiger partial charge in [0.1, 0.15) is 5.75 Å². The van der Waals surface area contributed by atoms with Crippen LogP contribution in [0.4, 0.5) is 5.69 Å². The highest BCUT2D eigenvalue weighted by Crippen LogP contribution is 2.18. The third-order valence-electron chi connectivity index (χ3n) is 3.40. The molecule has 3 N–H and O–H groups in total. The van der Waals surface area contributed by atoms with E-state index in [4.69, 9.17) is 10.5 Å². The Morgan fingerprint density at radius 3 is 2.25 bits per heavy atom. The van der Waals surface area contributed by atoms with E-state index < -0.39 is 21.0 Å². The van der Waals surface area contributed by atoms with Crippen LogP contribution in [-0.2, 0) is 10.0 Å². The lowest BCUT2D eigenvalue weighted by molar-refractivity contribution is -0.384. The fourth-order valence-electron chi connectivity index (χ4n) is 2.00. The number of methoxy groups -OCH3 is 1. The molecule has 0 unspecified atom stereocenters. The highest BCUT2D eigenvalue weighted by atomic mass is 32.2. The summed E-state index contributed by atoms with van der Waals surface area (Å²) in [6, 6.07) is 11.1. The second-order valence-electron chi connectivity index (χ2n) is 4.98. The molecule has 8 nitrogen and oxygen atoms in total. The van der Waals surface area contributed by atoms with Crippen molar-refractivity contribution in [2.75, 3.05) is 13.7 Å². The summed E-state index contributed by atoms with van der Waals surface area (Å²) < 4.78 is 31.8. The zero-order valence-electron chi connectivity index (χ0n) is 12.9. The van der Waals surface area contributed by atoms with Crippen LogP contribution >= 0.6 is 0 Å². The Hall–Kier alpha value is -2.49. The number of benzene rings is 2. The molecule has 128 valence electrons. The van der Waals surface area contributed by atoms with Crippen molar-refractivity contribution in [1.29, 1.82) is 0 Å². The van der Waals surface area contributed by atoms with Gasteiger partial charge in [-0.05, 0) is 29.8 Å². The van der Waals surface area contributed by atoms with Crippen molar-refractivity contribution in [3.05, 3.63) is 64.2 Å². The lowest BCUT2D eigenvalue weighted by Gasteiger charge is -2.14. The van der Waals surface area contributed by atoms with Crippen LogP contribution in [0.3, 0.4) is 0 Å². The van der Waals surface area contributed by atoms with Crippen LogP contribution in [-0.4, -0.2) is 27.0 Å². The number of ether oxygens (including phenoxy) is 1. The Kier molecular flexibility index (Phi) is 5.50. The number of hydrogen-bond donors (Lipinski definition) is 2. The van der Waals surface area contributed by atoms with E-state index in [1.807, 2.05) is 0 Å². The van der Waals surface area contributed by atoms with Gasteiger partial charge in [0.15, 0.2) is 0 Å². The second kappa shape index (κ2) is 7.39. The summed E-state index contributed by atoms with van der Waals surface area (Å²) in [6.07, 6.45) is 0. The van der Waals surface area contributed by atoms with E-state index in [2.05, 4.69) is 4.72 Å². The molecule has 24 heavy (non-hydrogen) atoms. The van der Waals surface area contributed by atoms with Crippen molar-refractivity contribution < 1.29 is 18.1 Å². The van der Waals surface area contributed by atoms with E-state index in [0.717, 1.165) is 17.7 Å². The number of nitrogens with two attached hydrogens (primary N) is 1. The van der Waals surface area contributed by atoms with Gasteiger partial charge in [0.25, 0.3) is 5.69 Å². The van der Waals surface area contributed by atoms with Gasteiger partial charge in [-0.25, -0.2) is 13.1 Å². The van der Waals surface area contributed by atoms with Gasteiger partial charge < -0.3 is 10.5 Å². The SMILES string of the molecule is COc1ccc([C@@H](N)CNS(=O)(=O)c2ccc([N+](=O)[O-])cc2)cc1. The molecular formula is C15H17N3O5S. The molecule has 2 aromatic carbocycles. The smallest absolute Gasteiger partial charge is 0.269 e. The van der Waals surface area contributed by atoms with E-state index in [-0.39, 0.29) is 17.1 Å². The van der Waals surface area contributed by atoms with Crippen molar-refractivity contribution in [1.82, 2.24) is 4.72 Å². The summed E-state index contributed by atoms with van der Waals surface area (Å²) in [5.41, 5.74) is 6.55. The topological polar surface area (TPSA) is 125 Å². The van der Waals surface area contributed by atoms with Gasteiger partial charge in [-0.15, -0.1) is 0 Å². The van der Waals surface area contributed by atoms with E-state index in [9.17, 15) is 18.5 Å². The van der Waals surface area contributed by atoms with Gasteiger partial charge in [-0.2, -0.15) is 0 Å². The third kappa shape index (κ3) is 4.28. The number of hydrogen-bond acceptors (Lipinski definition) is 6. The second-order valence-corrected chi connectivity index (χ2v) is 6.75. The Labute approximate surface area is 139 Å². The van der Waals surface area contributed by atoms with E-state index in [1.54, 1.807) is 31.4 Å². The summed E-state index contributed by atoms with van der Waals surface area (Å²) in [7, 11) is -2.25. The molecule has 0 saturated carbocycles. The molecule has 0 heterocycles. The molecule has 2 aromatic rings. The number of sulfonamides is 1. The third-order valence-corrected chi connectivity index (χ3v) is 4.83. The van der Waals surface area contributed by atoms with Crippen LogP contribution in [0.5, 0.6) is 5.75 Å². The zero-order chi connectivity index (χ0) is 17.7. The van der Waals surface area contributed by atoms with Crippen molar-refractivity contribution in [3.63, 3.8) is 0 Å². The van der Waals surface area contributed by atoms with Crippen LogP contribution in [0.1, 0.15) is 11.6 Å². The van der Waals surface area contributed by atoms with Crippen molar-refractivity contribution in [2.45, 2.75) is 10.9 Å². The average Bonchev–Trinajstić information content (AvgIpc) is 2.60. The number of nitrogens with one attached hydrogen (secondary N) is 1. The first-order chi connectivity index (χ1) is 11.3. The molecule has 0 amide bonds. The largest absolute Gasteiger partial charge is 0.497 e. The maximum absolute atomic E-state index is 12.2. The van der Waals surface area contributed by atoms with Gasteiger partial charge in [-0.3, -0.25) is 10.1 Å². The normalized spacial score (nSPS) is 12.6. The van der Waals surface area contributed by atoms with Gasteiger partial charge in [0, 0.05) is 24.7 Å². The molecule has 9 heteroatoms. The number of non-ortho nitro benzene ring substituents is 1. The average molecular weight is 351 g/mol. The standard InChI is InChI=1S/C15H17N3O5S/c1-23-13-6-2-11(3-7-13)15(16)10-17-24(21,22)14-8-4-12(5-9-14)18(19)20/h2-9,15,17H,10,16H2,1H3/t15-/m0/s1. The first-order valence-electron chi connectivity index (χ1n) is 6.97. The molecule has 1 atom stereocenters. The number of nitrogens with zero attached hydrogens (tertiary/aromatic N) is 1. The molecular weight excluding hydrogens is 334 g/mol. The summed E-state index contributed by atoms with van der Waals surface area (Å²) in [4.78, 5) is 9.94. The number of rotatable bonds is 7. The highest BCUT2D eigenvalue weighted by Gasteiger charge is 2.17. The Bertz CT molecular complexity index is 804. The predicted molar refractivity (Wildman–Crippen MR) is 88.2 cm³/mol. The Balaban J connectivity index is 2.04. The van der Waals surface area contributed by atoms with Crippen molar-refractivity contribution in [2.24, 2.45) is 5.73 Å². The minimum absolute atomic E-state index is 0.00828. The highest BCUT2D eigenvalue weighted by molar-refractivity contribution is 7.89. The van der Waals surface area contributed by atoms with Gasteiger partial charge >= 0.3 is 0 Å². The van der Waals surface area contributed by atoms with Gasteiger partial charge in [0.2, 0.25) is 10.0 Å². The van der Waals surface area contributed by atoms with Gasteiger partial charge in [-0.1, -0.05) is 12.1 Å². The summed E-state index contributed by atoms with van der Waals surface area (Å²) >= 11 is 0. The fourth-order valence-corrected chi connectivity index (χ4v) is 3.06. The van der Waals surface area contributed by atoms with Crippen molar-refractivity contribution in [3.8, 4) is 5.75 Å². The van der Waals surface area contributed by atoms with Crippen LogP contribution in [0, 0.1) is 10.1 Å². The van der Waals surface area contributed by atoms with Crippen LogP contribution in [0.25, 0.3) is 0 Å². The summed E-state index contributed by atoms with van der Waals surface area (Å²) in [6.45, 7) is -0.00828. The van der Waals surface area contributed by atoms with E-state index in [1.165, 1.54) is 12.1 Å². The minimum Gasteiger partial charge on any atom is -0.497 e. The van der Waals surface area contributed by atoms with E-state index >= 15 is 0 Å². The maximum Gasteiger partial charge on any atom is 0.269 e. The number of nitro groups is 1. The molecule has 0 bridgehead atoms. The van der Waals surface area contributed by atoms with E-state index in [0.29, 0.717) is 5.75 Å². The Morgan fingerprint density at radius 1 is 1.17 bits per heavy atom. The van der Waals surface area contributed by atoms with Crippen LogP contribution in [0.2, 0.25) is 0 Å². The monoisotopic (exact) mass is 351 g/mol. The molecule has 0 aromatic heterocycles. The molecule has 0 fully saturated rings. The summed E-state index contributed by atoms with van der Waals surface area (Å²) in [5.74, 6) is 0.678. The molecule has 0 aliphatic rings. The zero-order valence-corrected chi connectivity index (χ0v) is 13.7. The van der Waals surface area contributed by atoms with Crippen molar-refractivity contribution >= 4 is 15.7 Å². The molecule has 0 spiro atoms. The lowest BCUT2D eigenvalue weighted by Crippen LogP contribution is -2.31. The maximum atomic E-state index is 12.2. The van der Waals surface area contributed by atoms with Gasteiger partial charge in [0.05, 0.1) is 16.9 Å². The lowest BCUT2D eigenvalue weighted by atomic mass is 10.1. The number of nitro benzene ring substituents is 1. The predicted octanol–water partition coefficient (Wildman–Crippen LogP) is 1.58. The van der Waals surface area contributed by atoms with Crippen LogP contribution in [0.15, 0.2) is 53.4 Å². The molecule has 0 radical (unpaired) electrons. The quantitative estimate of drug-likeness (QED) is 0.576. The minimum atomic E-state index is -3.80. The first-order valence-corrected chi connectivity index (χ1v) is 8.45. The fraction of sp³-hybridized carbons (Fsp3) is 0.200. The first kappa shape index (κ1) is 17.9. The Morgan fingerprint density at radius 2 is 1.75 bits per heavy atom. The van der Waals surface area contributed by atoms with Crippen LogP contribution < -0.4 is 15.2 Å². The molecule has 0 aliphatic heterocycles. The summed E-state index contributed by atoms with van der Waals surface area (Å²) in [5, 5.41) is 10.6.